The molecule has 1 heterocycles. The normalized spacial score (nSPS) is 18.1. The maximum absolute atomic E-state index is 11.4. The SMILES string of the molecule is CON(C)C(=O)CCN1CCOCC1. The highest BCUT2D eigenvalue weighted by Crippen LogP contribution is 1.99. The fourth-order valence-corrected chi connectivity index (χ4v) is 1.34. The van der Waals surface area contributed by atoms with E-state index >= 15 is 0 Å². The summed E-state index contributed by atoms with van der Waals surface area (Å²) in [6.45, 7) is 4.17. The van der Waals surface area contributed by atoms with E-state index < -0.39 is 0 Å². The molecule has 5 nitrogen and oxygen atoms in total. The van der Waals surface area contributed by atoms with E-state index in [4.69, 9.17) is 9.57 Å². The van der Waals surface area contributed by atoms with Crippen molar-refractivity contribution in [3.63, 3.8) is 0 Å². The summed E-state index contributed by atoms with van der Waals surface area (Å²) in [5.74, 6) is 0.0130. The van der Waals surface area contributed by atoms with E-state index in [2.05, 4.69) is 4.90 Å². The molecule has 1 aliphatic rings. The van der Waals surface area contributed by atoms with Crippen LogP contribution in [0.5, 0.6) is 0 Å². The Labute approximate surface area is 84.5 Å². The molecule has 82 valence electrons. The van der Waals surface area contributed by atoms with Crippen LogP contribution in [0.4, 0.5) is 0 Å². The van der Waals surface area contributed by atoms with Crippen LogP contribution in [-0.2, 0) is 14.4 Å². The Morgan fingerprint density at radius 1 is 1.50 bits per heavy atom. The molecule has 0 aliphatic carbocycles. The number of carbonyl (C=O) groups is 1. The van der Waals surface area contributed by atoms with Crippen molar-refractivity contribution >= 4 is 5.91 Å². The molecular weight excluding hydrogens is 184 g/mol. The summed E-state index contributed by atoms with van der Waals surface area (Å²) in [5, 5.41) is 1.26. The number of hydrogen-bond donors (Lipinski definition) is 0. The van der Waals surface area contributed by atoms with Crippen LogP contribution in [-0.4, -0.2) is 62.9 Å². The lowest BCUT2D eigenvalue weighted by atomic mass is 10.3. The highest BCUT2D eigenvalue weighted by molar-refractivity contribution is 5.74. The number of morpholine rings is 1. The number of hydroxylamine groups is 2. The topological polar surface area (TPSA) is 42.0 Å². The molecule has 0 aromatic carbocycles. The van der Waals surface area contributed by atoms with E-state index in [1.54, 1.807) is 7.05 Å². The van der Waals surface area contributed by atoms with Crippen LogP contribution in [0.2, 0.25) is 0 Å². The molecule has 0 N–H and O–H groups in total. The number of amides is 1. The van der Waals surface area contributed by atoms with E-state index in [0.29, 0.717) is 6.42 Å². The number of rotatable bonds is 4. The summed E-state index contributed by atoms with van der Waals surface area (Å²) in [4.78, 5) is 18.4. The van der Waals surface area contributed by atoms with Crippen LogP contribution >= 0.6 is 0 Å². The van der Waals surface area contributed by atoms with Crippen LogP contribution in [0, 0.1) is 0 Å². The molecule has 0 aromatic heterocycles. The van der Waals surface area contributed by atoms with E-state index in [0.717, 1.165) is 32.8 Å². The Hall–Kier alpha value is -0.650. The third-order valence-electron chi connectivity index (χ3n) is 2.37. The van der Waals surface area contributed by atoms with Crippen LogP contribution in [0.15, 0.2) is 0 Å². The standard InChI is InChI=1S/C9H18N2O3/c1-10(13-2)9(12)3-4-11-5-7-14-8-6-11/h3-8H2,1-2H3. The maximum Gasteiger partial charge on any atom is 0.247 e. The smallest absolute Gasteiger partial charge is 0.247 e. The van der Waals surface area contributed by atoms with Gasteiger partial charge in [-0.15, -0.1) is 0 Å². The van der Waals surface area contributed by atoms with Crippen LogP contribution in [0.3, 0.4) is 0 Å². The first-order valence-electron chi connectivity index (χ1n) is 4.85. The van der Waals surface area contributed by atoms with Crippen molar-refractivity contribution in [3.05, 3.63) is 0 Å². The van der Waals surface area contributed by atoms with Crippen molar-refractivity contribution in [2.24, 2.45) is 0 Å². The molecule has 14 heavy (non-hydrogen) atoms. The molecule has 1 fully saturated rings. The van der Waals surface area contributed by atoms with Crippen molar-refractivity contribution in [3.8, 4) is 0 Å². The quantitative estimate of drug-likeness (QED) is 0.588. The number of nitrogens with zero attached hydrogens (tertiary/aromatic N) is 2. The monoisotopic (exact) mass is 202 g/mol. The lowest BCUT2D eigenvalue weighted by molar-refractivity contribution is -0.169. The summed E-state index contributed by atoms with van der Waals surface area (Å²) in [6, 6.07) is 0. The second-order valence-electron chi connectivity index (χ2n) is 3.28. The van der Waals surface area contributed by atoms with E-state index in [-0.39, 0.29) is 5.91 Å². The third-order valence-corrected chi connectivity index (χ3v) is 2.37. The van der Waals surface area contributed by atoms with Crippen molar-refractivity contribution in [1.82, 2.24) is 9.96 Å². The minimum atomic E-state index is 0.0130. The molecule has 1 aliphatic heterocycles. The molecule has 0 bridgehead atoms. The van der Waals surface area contributed by atoms with Gasteiger partial charge in [0.2, 0.25) is 5.91 Å². The molecule has 0 aromatic rings. The summed E-state index contributed by atoms with van der Waals surface area (Å²) in [6.07, 6.45) is 0.504. The van der Waals surface area contributed by atoms with Gasteiger partial charge >= 0.3 is 0 Å². The first kappa shape index (κ1) is 11.4. The predicted molar refractivity (Wildman–Crippen MR) is 51.7 cm³/mol. The van der Waals surface area contributed by atoms with Crippen molar-refractivity contribution in [1.29, 1.82) is 0 Å². The molecule has 1 amide bonds. The lowest BCUT2D eigenvalue weighted by Crippen LogP contribution is -2.38. The van der Waals surface area contributed by atoms with Gasteiger partial charge in [-0.2, -0.15) is 0 Å². The van der Waals surface area contributed by atoms with E-state index in [9.17, 15) is 4.79 Å². The summed E-state index contributed by atoms with van der Waals surface area (Å²) in [5.41, 5.74) is 0. The van der Waals surface area contributed by atoms with Gasteiger partial charge in [0.05, 0.1) is 20.3 Å². The van der Waals surface area contributed by atoms with Crippen molar-refractivity contribution in [2.45, 2.75) is 6.42 Å². The number of ether oxygens (including phenoxy) is 1. The average molecular weight is 202 g/mol. The zero-order valence-electron chi connectivity index (χ0n) is 8.86. The van der Waals surface area contributed by atoms with Crippen molar-refractivity contribution in [2.75, 3.05) is 47.0 Å². The van der Waals surface area contributed by atoms with Crippen LogP contribution in [0.1, 0.15) is 6.42 Å². The van der Waals surface area contributed by atoms with Gasteiger partial charge < -0.3 is 4.74 Å². The zero-order valence-corrected chi connectivity index (χ0v) is 8.86. The van der Waals surface area contributed by atoms with Gasteiger partial charge in [0.15, 0.2) is 0 Å². The molecule has 1 saturated heterocycles. The maximum atomic E-state index is 11.4. The zero-order chi connectivity index (χ0) is 10.4. The highest BCUT2D eigenvalue weighted by Gasteiger charge is 2.13. The predicted octanol–water partition coefficient (Wildman–Crippen LogP) is -0.271. The van der Waals surface area contributed by atoms with Gasteiger partial charge in [-0.1, -0.05) is 0 Å². The van der Waals surface area contributed by atoms with Gasteiger partial charge in [-0.25, -0.2) is 5.06 Å². The Bertz CT molecular complexity index is 181. The summed E-state index contributed by atoms with van der Waals surface area (Å²) >= 11 is 0. The van der Waals surface area contributed by atoms with Gasteiger partial charge in [-0.05, 0) is 0 Å². The van der Waals surface area contributed by atoms with Crippen LogP contribution in [0.25, 0.3) is 0 Å². The molecule has 0 unspecified atom stereocenters. The second kappa shape index (κ2) is 5.95. The highest BCUT2D eigenvalue weighted by atomic mass is 16.7. The Kier molecular flexibility index (Phi) is 4.86. The molecular formula is C9H18N2O3. The van der Waals surface area contributed by atoms with Crippen molar-refractivity contribution < 1.29 is 14.4 Å². The van der Waals surface area contributed by atoms with Gasteiger partial charge in [-0.3, -0.25) is 14.5 Å². The minimum absolute atomic E-state index is 0.0130. The molecule has 0 radical (unpaired) electrons. The molecule has 0 atom stereocenters. The Balaban J connectivity index is 2.15. The summed E-state index contributed by atoms with van der Waals surface area (Å²) in [7, 11) is 3.12. The molecule has 1 rings (SSSR count). The number of hydrogen-bond acceptors (Lipinski definition) is 4. The number of carbonyl (C=O) groups excluding carboxylic acids is 1. The fraction of sp³-hybridized carbons (Fsp3) is 0.889. The van der Waals surface area contributed by atoms with Gasteiger partial charge in [0, 0.05) is 33.1 Å². The fourth-order valence-electron chi connectivity index (χ4n) is 1.34. The summed E-state index contributed by atoms with van der Waals surface area (Å²) < 4.78 is 5.21. The van der Waals surface area contributed by atoms with Gasteiger partial charge in [0.1, 0.15) is 0 Å². The van der Waals surface area contributed by atoms with Crippen LogP contribution < -0.4 is 0 Å². The Morgan fingerprint density at radius 2 is 2.14 bits per heavy atom. The Morgan fingerprint density at radius 3 is 2.71 bits per heavy atom. The molecule has 0 spiro atoms. The second-order valence-corrected chi connectivity index (χ2v) is 3.28. The average Bonchev–Trinajstić information content (AvgIpc) is 2.26. The largest absolute Gasteiger partial charge is 0.379 e. The molecule has 0 saturated carbocycles. The molecule has 5 heteroatoms. The first-order valence-corrected chi connectivity index (χ1v) is 4.85. The van der Waals surface area contributed by atoms with E-state index in [1.165, 1.54) is 12.2 Å². The third kappa shape index (κ3) is 3.61. The van der Waals surface area contributed by atoms with E-state index in [1.807, 2.05) is 0 Å². The lowest BCUT2D eigenvalue weighted by Gasteiger charge is -2.26. The minimum Gasteiger partial charge on any atom is -0.379 e. The first-order chi connectivity index (χ1) is 6.74. The van der Waals surface area contributed by atoms with Gasteiger partial charge in [0.25, 0.3) is 0 Å².